The van der Waals surface area contributed by atoms with Gasteiger partial charge in [0.15, 0.2) is 0 Å². The van der Waals surface area contributed by atoms with Gasteiger partial charge in [0.25, 0.3) is 0 Å². The number of nitrogens with one attached hydrogen (secondary N) is 1. The standard InChI is InChI=1S/C16H17FN4O.C2HF3O2/c17-13-8-12(13)16(22)21-6-3-11-14(4-7-21)19-20-15(11)10-2-1-5-18-9-10;3-2(4,5)1(6)7/h1-2,5,9,12-13H,3-4,6-8H2,(H,19,20);(H,6,7)/t12-,13-;/m1./s1. The maximum atomic E-state index is 13.1. The molecule has 11 heteroatoms. The van der Waals surface area contributed by atoms with Crippen molar-refractivity contribution in [2.24, 2.45) is 5.92 Å². The van der Waals surface area contributed by atoms with Crippen LogP contribution in [-0.4, -0.2) is 62.5 Å². The van der Waals surface area contributed by atoms with E-state index in [1.165, 1.54) is 0 Å². The first kappa shape index (κ1) is 20.7. The molecule has 2 aromatic heterocycles. The summed E-state index contributed by atoms with van der Waals surface area (Å²) in [5, 5.41) is 14.6. The topological polar surface area (TPSA) is 99.2 Å². The summed E-state index contributed by atoms with van der Waals surface area (Å²) in [6, 6.07) is 3.87. The van der Waals surface area contributed by atoms with Crippen LogP contribution in [0.25, 0.3) is 11.3 Å². The minimum absolute atomic E-state index is 0.0338. The van der Waals surface area contributed by atoms with Crippen LogP contribution in [0.5, 0.6) is 0 Å². The van der Waals surface area contributed by atoms with Gasteiger partial charge in [-0.25, -0.2) is 9.18 Å². The van der Waals surface area contributed by atoms with Crippen LogP contribution in [0.4, 0.5) is 17.6 Å². The van der Waals surface area contributed by atoms with Gasteiger partial charge in [0.05, 0.1) is 11.6 Å². The minimum Gasteiger partial charge on any atom is -0.475 e. The van der Waals surface area contributed by atoms with Gasteiger partial charge in [0.1, 0.15) is 6.17 Å². The molecule has 2 atom stereocenters. The number of rotatable bonds is 2. The van der Waals surface area contributed by atoms with E-state index in [4.69, 9.17) is 9.90 Å². The van der Waals surface area contributed by atoms with E-state index in [9.17, 15) is 22.4 Å². The van der Waals surface area contributed by atoms with Crippen LogP contribution in [0.1, 0.15) is 17.7 Å². The fraction of sp³-hybridized carbons (Fsp3) is 0.444. The largest absolute Gasteiger partial charge is 0.490 e. The first-order valence-corrected chi connectivity index (χ1v) is 8.88. The molecule has 7 nitrogen and oxygen atoms in total. The summed E-state index contributed by atoms with van der Waals surface area (Å²) in [6.45, 7) is 1.26. The number of fused-ring (bicyclic) bond motifs is 1. The molecule has 1 aliphatic heterocycles. The van der Waals surface area contributed by atoms with Gasteiger partial charge in [-0.2, -0.15) is 18.3 Å². The lowest BCUT2D eigenvalue weighted by Gasteiger charge is -2.20. The SMILES string of the molecule is O=C(O)C(F)(F)F.O=C([C@@H]1C[C@H]1F)N1CCc2[nH]nc(-c3cccnc3)c2CC1. The highest BCUT2D eigenvalue weighted by molar-refractivity contribution is 5.82. The van der Waals surface area contributed by atoms with Crippen LogP contribution in [0.15, 0.2) is 24.5 Å². The number of aliphatic carboxylic acids is 1. The molecule has 0 radical (unpaired) electrons. The number of nitrogens with zero attached hydrogens (tertiary/aromatic N) is 3. The molecular formula is C18H18F4N4O3. The summed E-state index contributed by atoms with van der Waals surface area (Å²) in [6.07, 6.45) is -0.617. The predicted molar refractivity (Wildman–Crippen MR) is 92.5 cm³/mol. The third-order valence-electron chi connectivity index (χ3n) is 4.74. The van der Waals surface area contributed by atoms with Crippen molar-refractivity contribution in [1.82, 2.24) is 20.1 Å². The molecule has 1 saturated carbocycles. The molecule has 0 bridgehead atoms. The van der Waals surface area contributed by atoms with Gasteiger partial charge >= 0.3 is 12.1 Å². The minimum atomic E-state index is -5.08. The first-order valence-electron chi connectivity index (χ1n) is 8.88. The Morgan fingerprint density at radius 3 is 2.45 bits per heavy atom. The molecule has 0 unspecified atom stereocenters. The van der Waals surface area contributed by atoms with E-state index in [0.717, 1.165) is 35.4 Å². The molecule has 1 aliphatic carbocycles. The summed E-state index contributed by atoms with van der Waals surface area (Å²) in [5.41, 5.74) is 4.11. The number of carbonyl (C=O) groups is 2. The van der Waals surface area contributed by atoms with Crippen molar-refractivity contribution in [1.29, 1.82) is 0 Å². The predicted octanol–water partition coefficient (Wildman–Crippen LogP) is 2.39. The number of carboxylic acid groups (broad SMARTS) is 1. The van der Waals surface area contributed by atoms with Gasteiger partial charge in [-0.05, 0) is 25.0 Å². The Labute approximate surface area is 162 Å². The fourth-order valence-corrected chi connectivity index (χ4v) is 3.10. The number of hydrogen-bond acceptors (Lipinski definition) is 4. The van der Waals surface area contributed by atoms with E-state index in [2.05, 4.69) is 15.2 Å². The Bertz CT molecular complexity index is 885. The number of carbonyl (C=O) groups excluding carboxylic acids is 1. The number of pyridine rings is 1. The molecule has 156 valence electrons. The summed E-state index contributed by atoms with van der Waals surface area (Å²) in [4.78, 5) is 27.0. The van der Waals surface area contributed by atoms with Crippen molar-refractivity contribution >= 4 is 11.9 Å². The Balaban J connectivity index is 0.000000298. The van der Waals surface area contributed by atoms with E-state index in [1.54, 1.807) is 17.3 Å². The first-order chi connectivity index (χ1) is 13.7. The summed E-state index contributed by atoms with van der Waals surface area (Å²) < 4.78 is 44.8. The van der Waals surface area contributed by atoms with Crippen LogP contribution in [0, 0.1) is 5.92 Å². The molecule has 2 aliphatic rings. The molecule has 2 aromatic rings. The fourth-order valence-electron chi connectivity index (χ4n) is 3.10. The zero-order chi connectivity index (χ0) is 21.2. The van der Waals surface area contributed by atoms with Crippen molar-refractivity contribution in [3.8, 4) is 11.3 Å². The molecule has 1 amide bonds. The maximum absolute atomic E-state index is 13.1. The summed E-state index contributed by atoms with van der Waals surface area (Å²) in [7, 11) is 0. The highest BCUT2D eigenvalue weighted by atomic mass is 19.4. The van der Waals surface area contributed by atoms with Crippen LogP contribution >= 0.6 is 0 Å². The lowest BCUT2D eigenvalue weighted by atomic mass is 10.0. The monoisotopic (exact) mass is 414 g/mol. The van der Waals surface area contributed by atoms with Gasteiger partial charge < -0.3 is 10.0 Å². The second-order valence-corrected chi connectivity index (χ2v) is 6.76. The van der Waals surface area contributed by atoms with Gasteiger partial charge in [-0.1, -0.05) is 0 Å². The number of amides is 1. The summed E-state index contributed by atoms with van der Waals surface area (Å²) in [5.74, 6) is -3.19. The maximum Gasteiger partial charge on any atom is 0.490 e. The van der Waals surface area contributed by atoms with Crippen molar-refractivity contribution < 1.29 is 32.3 Å². The van der Waals surface area contributed by atoms with Crippen molar-refractivity contribution in [2.45, 2.75) is 31.6 Å². The van der Waals surface area contributed by atoms with Crippen LogP contribution < -0.4 is 0 Å². The van der Waals surface area contributed by atoms with Crippen molar-refractivity contribution in [3.05, 3.63) is 35.8 Å². The molecule has 3 heterocycles. The van der Waals surface area contributed by atoms with Gasteiger partial charge in [0, 0.05) is 48.7 Å². The Kier molecular flexibility index (Phi) is 5.85. The van der Waals surface area contributed by atoms with Crippen LogP contribution in [0.3, 0.4) is 0 Å². The summed E-state index contributed by atoms with van der Waals surface area (Å²) >= 11 is 0. The second kappa shape index (κ2) is 8.18. The zero-order valence-corrected chi connectivity index (χ0v) is 15.1. The lowest BCUT2D eigenvalue weighted by molar-refractivity contribution is -0.192. The number of alkyl halides is 4. The lowest BCUT2D eigenvalue weighted by Crippen LogP contribution is -2.35. The third-order valence-corrected chi connectivity index (χ3v) is 4.74. The molecule has 0 saturated heterocycles. The Morgan fingerprint density at radius 1 is 1.24 bits per heavy atom. The number of H-pyrrole nitrogens is 1. The van der Waals surface area contributed by atoms with Gasteiger partial charge in [0.2, 0.25) is 5.91 Å². The van der Waals surface area contributed by atoms with Gasteiger partial charge in [-0.15, -0.1) is 0 Å². The van der Waals surface area contributed by atoms with Crippen LogP contribution in [-0.2, 0) is 22.4 Å². The quantitative estimate of drug-likeness (QED) is 0.736. The molecule has 29 heavy (non-hydrogen) atoms. The normalized spacial score (nSPS) is 20.8. The average molecular weight is 414 g/mol. The van der Waals surface area contributed by atoms with E-state index in [0.29, 0.717) is 19.5 Å². The second-order valence-electron chi connectivity index (χ2n) is 6.76. The highest BCUT2D eigenvalue weighted by Crippen LogP contribution is 2.36. The molecule has 0 aromatic carbocycles. The molecule has 4 rings (SSSR count). The van der Waals surface area contributed by atoms with E-state index >= 15 is 0 Å². The van der Waals surface area contributed by atoms with E-state index in [1.807, 2.05) is 12.1 Å². The number of halogens is 4. The van der Waals surface area contributed by atoms with Gasteiger partial charge in [-0.3, -0.25) is 14.9 Å². The number of carboxylic acids is 1. The highest BCUT2D eigenvalue weighted by Gasteiger charge is 2.45. The van der Waals surface area contributed by atoms with E-state index in [-0.39, 0.29) is 5.91 Å². The zero-order valence-electron chi connectivity index (χ0n) is 15.1. The molecule has 0 spiro atoms. The molecule has 1 fully saturated rings. The molecule has 2 N–H and O–H groups in total. The third kappa shape index (κ3) is 4.90. The number of aromatic nitrogens is 3. The average Bonchev–Trinajstić information content (AvgIpc) is 3.34. The van der Waals surface area contributed by atoms with Crippen molar-refractivity contribution in [3.63, 3.8) is 0 Å². The van der Waals surface area contributed by atoms with E-state index < -0.39 is 24.2 Å². The van der Waals surface area contributed by atoms with Crippen molar-refractivity contribution in [2.75, 3.05) is 13.1 Å². The smallest absolute Gasteiger partial charge is 0.475 e. The Hall–Kier alpha value is -2.98. The number of aromatic amines is 1. The molecular weight excluding hydrogens is 396 g/mol. The van der Waals surface area contributed by atoms with Crippen LogP contribution in [0.2, 0.25) is 0 Å². The number of hydrogen-bond donors (Lipinski definition) is 2. The Morgan fingerprint density at radius 2 is 1.90 bits per heavy atom.